The first-order chi connectivity index (χ1) is 13.2. The summed E-state index contributed by atoms with van der Waals surface area (Å²) < 4.78 is 5.54. The van der Waals surface area contributed by atoms with Crippen LogP contribution in [0.1, 0.15) is 17.0 Å². The number of hydrogen-bond acceptors (Lipinski definition) is 5. The molecule has 0 aliphatic heterocycles. The molecule has 5 aromatic heterocycles. The van der Waals surface area contributed by atoms with Crippen molar-refractivity contribution < 1.29 is 5.11 Å². The van der Waals surface area contributed by atoms with Gasteiger partial charge in [0, 0.05) is 31.4 Å². The second-order valence-corrected chi connectivity index (χ2v) is 6.49. The summed E-state index contributed by atoms with van der Waals surface area (Å²) in [5.41, 5.74) is 6.28. The molecule has 134 valence electrons. The van der Waals surface area contributed by atoms with Gasteiger partial charge in [0.05, 0.1) is 42.3 Å². The number of hydrogen-bond donors (Lipinski definition) is 1. The maximum Gasteiger partial charge on any atom is 0.153 e. The van der Waals surface area contributed by atoms with E-state index in [0.29, 0.717) is 6.42 Å². The van der Waals surface area contributed by atoms with Gasteiger partial charge in [0.1, 0.15) is 5.65 Å². The maximum atomic E-state index is 9.46. The second kappa shape index (κ2) is 6.03. The van der Waals surface area contributed by atoms with Gasteiger partial charge in [-0.1, -0.05) is 6.07 Å². The summed E-state index contributed by atoms with van der Waals surface area (Å²) in [6.07, 6.45) is 9.94. The number of aliphatic hydroxyl groups excluding tert-OH is 1. The second-order valence-electron chi connectivity index (χ2n) is 6.49. The highest BCUT2D eigenvalue weighted by atomic mass is 16.3. The number of aromatic nitrogens is 7. The fourth-order valence-electron chi connectivity index (χ4n) is 3.25. The molecule has 0 amide bonds. The zero-order chi connectivity index (χ0) is 18.4. The molecule has 0 radical (unpaired) electrons. The van der Waals surface area contributed by atoms with Gasteiger partial charge in [0.25, 0.3) is 0 Å². The molecule has 0 aliphatic carbocycles. The van der Waals surface area contributed by atoms with E-state index in [0.717, 1.165) is 39.5 Å². The van der Waals surface area contributed by atoms with Crippen LogP contribution in [-0.2, 0) is 20.1 Å². The molecule has 27 heavy (non-hydrogen) atoms. The van der Waals surface area contributed by atoms with Crippen molar-refractivity contribution >= 4 is 11.3 Å². The summed E-state index contributed by atoms with van der Waals surface area (Å²) >= 11 is 0. The summed E-state index contributed by atoms with van der Waals surface area (Å²) in [5.74, 6) is 0. The van der Waals surface area contributed by atoms with E-state index < -0.39 is 0 Å². The molecule has 8 heteroatoms. The summed E-state index contributed by atoms with van der Waals surface area (Å²) in [6.45, 7) is -0.0454. The average Bonchev–Trinajstić information content (AvgIpc) is 3.40. The highest BCUT2D eigenvalue weighted by Crippen LogP contribution is 2.18. The van der Waals surface area contributed by atoms with Crippen molar-refractivity contribution in [3.63, 3.8) is 0 Å². The molecule has 0 bridgehead atoms. The number of pyridine rings is 1. The van der Waals surface area contributed by atoms with Crippen LogP contribution < -0.4 is 0 Å². The number of fused-ring (bicyclic) bond motifs is 2. The number of imidazole rings is 2. The van der Waals surface area contributed by atoms with E-state index in [2.05, 4.69) is 15.1 Å². The van der Waals surface area contributed by atoms with Crippen LogP contribution in [0.2, 0.25) is 0 Å². The van der Waals surface area contributed by atoms with Crippen LogP contribution in [-0.4, -0.2) is 38.9 Å². The zero-order valence-corrected chi connectivity index (χ0v) is 14.7. The van der Waals surface area contributed by atoms with Gasteiger partial charge < -0.3 is 9.51 Å². The van der Waals surface area contributed by atoms with Gasteiger partial charge in [-0.25, -0.2) is 14.5 Å². The summed E-state index contributed by atoms with van der Waals surface area (Å²) in [5, 5.41) is 18.4. The van der Waals surface area contributed by atoms with Crippen molar-refractivity contribution in [1.29, 1.82) is 0 Å². The summed E-state index contributed by atoms with van der Waals surface area (Å²) in [7, 11) is 1.89. The van der Waals surface area contributed by atoms with E-state index in [4.69, 9.17) is 5.10 Å². The molecule has 5 heterocycles. The molecule has 0 unspecified atom stereocenters. The van der Waals surface area contributed by atoms with Crippen LogP contribution in [0.25, 0.3) is 22.6 Å². The predicted molar refractivity (Wildman–Crippen MR) is 99.1 cm³/mol. The minimum atomic E-state index is -0.0454. The van der Waals surface area contributed by atoms with Crippen LogP contribution in [0, 0.1) is 0 Å². The Morgan fingerprint density at radius 3 is 2.56 bits per heavy atom. The fraction of sp³-hybridized carbons (Fsp3) is 0.158. The maximum absolute atomic E-state index is 9.46. The highest BCUT2D eigenvalue weighted by molar-refractivity contribution is 5.58. The van der Waals surface area contributed by atoms with Crippen molar-refractivity contribution in [2.24, 2.45) is 7.05 Å². The Bertz CT molecular complexity index is 1260. The van der Waals surface area contributed by atoms with Gasteiger partial charge in [0.15, 0.2) is 5.65 Å². The third kappa shape index (κ3) is 2.67. The SMILES string of the molecule is Cn1cc(-c2ccc3ncc(Cc4ccc5ncc(CO)n5c4)n3n2)cn1. The van der Waals surface area contributed by atoms with E-state index in [1.807, 2.05) is 58.8 Å². The Morgan fingerprint density at radius 1 is 0.926 bits per heavy atom. The molecule has 5 aromatic rings. The zero-order valence-electron chi connectivity index (χ0n) is 14.7. The normalized spacial score (nSPS) is 11.6. The van der Waals surface area contributed by atoms with E-state index in [1.54, 1.807) is 17.1 Å². The van der Waals surface area contributed by atoms with Gasteiger partial charge in [-0.05, 0) is 23.8 Å². The first kappa shape index (κ1) is 15.7. The first-order valence-electron chi connectivity index (χ1n) is 8.60. The third-order valence-corrected chi connectivity index (χ3v) is 4.62. The van der Waals surface area contributed by atoms with E-state index in [-0.39, 0.29) is 6.61 Å². The van der Waals surface area contributed by atoms with Crippen LogP contribution >= 0.6 is 0 Å². The molecule has 8 nitrogen and oxygen atoms in total. The lowest BCUT2D eigenvalue weighted by molar-refractivity contribution is 0.276. The van der Waals surface area contributed by atoms with Crippen molar-refractivity contribution in [2.45, 2.75) is 13.0 Å². The monoisotopic (exact) mass is 359 g/mol. The summed E-state index contributed by atoms with van der Waals surface area (Å²) in [6, 6.07) is 7.90. The summed E-state index contributed by atoms with van der Waals surface area (Å²) in [4.78, 5) is 8.75. The van der Waals surface area contributed by atoms with Crippen LogP contribution in [0.4, 0.5) is 0 Å². The van der Waals surface area contributed by atoms with Gasteiger partial charge in [-0.3, -0.25) is 4.68 Å². The van der Waals surface area contributed by atoms with E-state index in [1.165, 1.54) is 0 Å². The van der Waals surface area contributed by atoms with Crippen LogP contribution in [0.3, 0.4) is 0 Å². The average molecular weight is 359 g/mol. The molecule has 5 rings (SSSR count). The quantitative estimate of drug-likeness (QED) is 0.529. The van der Waals surface area contributed by atoms with Crippen molar-refractivity contribution in [3.8, 4) is 11.3 Å². The Kier molecular flexibility index (Phi) is 3.51. The first-order valence-corrected chi connectivity index (χ1v) is 8.60. The number of nitrogens with zero attached hydrogens (tertiary/aromatic N) is 7. The van der Waals surface area contributed by atoms with Crippen molar-refractivity contribution in [3.05, 3.63) is 72.2 Å². The minimum Gasteiger partial charge on any atom is -0.390 e. The van der Waals surface area contributed by atoms with Crippen LogP contribution in [0.15, 0.2) is 55.2 Å². The topological polar surface area (TPSA) is 85.5 Å². The molecule has 0 aliphatic rings. The van der Waals surface area contributed by atoms with Gasteiger partial charge in [-0.2, -0.15) is 10.2 Å². The smallest absolute Gasteiger partial charge is 0.153 e. The van der Waals surface area contributed by atoms with E-state index in [9.17, 15) is 5.11 Å². The molecular weight excluding hydrogens is 342 g/mol. The number of aliphatic hydroxyl groups is 1. The predicted octanol–water partition coefficient (Wildman–Crippen LogP) is 1.86. The standard InChI is InChI=1S/C19H17N7O/c1-24-11-14(7-22-24)17-3-5-19-21-8-15(26(19)23-17)6-13-2-4-18-20-9-16(12-27)25(18)10-13/h2-5,7-11,27H,6,12H2,1H3. The van der Waals surface area contributed by atoms with Gasteiger partial charge in [-0.15, -0.1) is 0 Å². The molecule has 0 atom stereocenters. The largest absolute Gasteiger partial charge is 0.390 e. The number of rotatable bonds is 4. The molecule has 0 saturated carbocycles. The Hall–Kier alpha value is -3.52. The highest BCUT2D eigenvalue weighted by Gasteiger charge is 2.10. The lowest BCUT2D eigenvalue weighted by Crippen LogP contribution is -2.01. The Morgan fingerprint density at radius 2 is 1.74 bits per heavy atom. The molecule has 1 N–H and O–H groups in total. The molecular formula is C19H17N7O. The lowest BCUT2D eigenvalue weighted by Gasteiger charge is -2.05. The molecule has 0 fully saturated rings. The minimum absolute atomic E-state index is 0.0454. The molecule has 0 aromatic carbocycles. The third-order valence-electron chi connectivity index (χ3n) is 4.62. The van der Waals surface area contributed by atoms with Crippen molar-refractivity contribution in [2.75, 3.05) is 0 Å². The Balaban J connectivity index is 1.55. The molecule has 0 spiro atoms. The number of aryl methyl sites for hydroxylation is 1. The van der Waals surface area contributed by atoms with Crippen molar-refractivity contribution in [1.82, 2.24) is 33.8 Å². The van der Waals surface area contributed by atoms with Gasteiger partial charge in [0.2, 0.25) is 0 Å². The molecule has 0 saturated heterocycles. The fourth-order valence-corrected chi connectivity index (χ4v) is 3.25. The Labute approximate surface area is 154 Å². The van der Waals surface area contributed by atoms with E-state index >= 15 is 0 Å². The lowest BCUT2D eigenvalue weighted by atomic mass is 10.1. The van der Waals surface area contributed by atoms with Gasteiger partial charge >= 0.3 is 0 Å². The van der Waals surface area contributed by atoms with Crippen LogP contribution in [0.5, 0.6) is 0 Å².